The first-order valence-electron chi connectivity index (χ1n) is 12.2. The van der Waals surface area contributed by atoms with Crippen molar-refractivity contribution in [2.75, 3.05) is 20.1 Å². The van der Waals surface area contributed by atoms with Crippen LogP contribution < -0.4 is 5.32 Å². The smallest absolute Gasteiger partial charge is 0.321 e. The Morgan fingerprint density at radius 1 is 1.00 bits per heavy atom. The van der Waals surface area contributed by atoms with E-state index in [9.17, 15) is 48.7 Å². The van der Waals surface area contributed by atoms with Crippen molar-refractivity contribution in [2.45, 2.75) is 63.3 Å². The first-order valence-corrected chi connectivity index (χ1v) is 12.2. The first kappa shape index (κ1) is 31.5. The maximum Gasteiger partial charge on any atom is 0.416 e. The van der Waals surface area contributed by atoms with Crippen LogP contribution in [0.2, 0.25) is 0 Å². The third kappa shape index (κ3) is 7.58. The fourth-order valence-electron chi connectivity index (χ4n) is 4.76. The van der Waals surface area contributed by atoms with Gasteiger partial charge in [0, 0.05) is 19.6 Å². The van der Waals surface area contributed by atoms with E-state index in [4.69, 9.17) is 0 Å². The Hall–Kier alpha value is -3.03. The molecule has 222 valence electrons. The Balaban J connectivity index is 1.94. The number of carbonyl (C=O) groups excluding carboxylic acids is 1. The lowest BCUT2D eigenvalue weighted by Gasteiger charge is -2.43. The van der Waals surface area contributed by atoms with Crippen molar-refractivity contribution in [3.63, 3.8) is 0 Å². The number of hydrogen-bond donors (Lipinski definition) is 1. The topological polar surface area (TPSA) is 35.6 Å². The lowest BCUT2D eigenvalue weighted by atomic mass is 9.89. The predicted octanol–water partition coefficient (Wildman–Crippen LogP) is 7.64. The molecule has 2 aromatic rings. The number of hydrogen-bond acceptors (Lipinski definition) is 2. The Bertz CT molecular complexity index is 1180. The lowest BCUT2D eigenvalue weighted by molar-refractivity contribution is -0.143. The van der Waals surface area contributed by atoms with Gasteiger partial charge in [0.2, 0.25) is 0 Å². The van der Waals surface area contributed by atoms with Crippen molar-refractivity contribution >= 4 is 6.03 Å². The Morgan fingerprint density at radius 2 is 1.57 bits per heavy atom. The zero-order valence-electron chi connectivity index (χ0n) is 21.6. The molecule has 1 saturated heterocycles. The molecule has 0 saturated carbocycles. The number of amides is 2. The standard InChI is InChI=1S/C26H27F10N3O/c1-14-8-19(27)4-5-21(14)22-12-20(37-13-24(28,29)30)6-7-39(22)23(40)38(3)15(2)16-9-17(25(31,32)33)11-18(10-16)26(34,35)36/h4-5,8-11,15,20,22,37H,6-7,12-13H2,1-3H3/t15-,20?,22-/m1/s1. The van der Waals surface area contributed by atoms with E-state index in [2.05, 4.69) is 5.32 Å². The molecule has 14 heteroatoms. The van der Waals surface area contributed by atoms with E-state index in [-0.39, 0.29) is 25.5 Å². The Labute approximate surface area is 223 Å². The molecule has 0 radical (unpaired) electrons. The van der Waals surface area contributed by atoms with Crippen LogP contribution in [-0.4, -0.2) is 48.2 Å². The van der Waals surface area contributed by atoms with Gasteiger partial charge in [-0.3, -0.25) is 0 Å². The number of halogens is 10. The van der Waals surface area contributed by atoms with Gasteiger partial charge >= 0.3 is 24.6 Å². The summed E-state index contributed by atoms with van der Waals surface area (Å²) >= 11 is 0. The minimum Gasteiger partial charge on any atom is -0.321 e. The van der Waals surface area contributed by atoms with Gasteiger partial charge in [0.1, 0.15) is 5.82 Å². The highest BCUT2D eigenvalue weighted by Crippen LogP contribution is 2.39. The van der Waals surface area contributed by atoms with Crippen LogP contribution in [0.25, 0.3) is 0 Å². The van der Waals surface area contributed by atoms with Gasteiger partial charge in [-0.15, -0.1) is 0 Å². The number of nitrogens with zero attached hydrogens (tertiary/aromatic N) is 2. The average Bonchev–Trinajstić information content (AvgIpc) is 2.84. The molecule has 2 amide bonds. The summed E-state index contributed by atoms with van der Waals surface area (Å²) in [7, 11) is 1.21. The molecule has 1 fully saturated rings. The SMILES string of the molecule is Cc1cc(F)ccc1[C@H]1CC(NCC(F)(F)F)CCN1C(=O)N(C)[C@H](C)c1cc(C(F)(F)F)cc(C(F)(F)F)c1. The van der Waals surface area contributed by atoms with E-state index in [1.54, 1.807) is 6.92 Å². The van der Waals surface area contributed by atoms with Gasteiger partial charge in [-0.25, -0.2) is 9.18 Å². The summed E-state index contributed by atoms with van der Waals surface area (Å²) in [6, 6.07) is 1.28. The molecule has 40 heavy (non-hydrogen) atoms. The maximum atomic E-state index is 13.8. The number of alkyl halides is 9. The van der Waals surface area contributed by atoms with Gasteiger partial charge in [-0.2, -0.15) is 39.5 Å². The van der Waals surface area contributed by atoms with E-state index in [1.807, 2.05) is 0 Å². The summed E-state index contributed by atoms with van der Waals surface area (Å²) in [5, 5.41) is 2.41. The van der Waals surface area contributed by atoms with Crippen molar-refractivity contribution in [1.82, 2.24) is 15.1 Å². The summed E-state index contributed by atoms with van der Waals surface area (Å²) in [6.07, 6.45) is -14.5. The first-order chi connectivity index (χ1) is 18.3. The van der Waals surface area contributed by atoms with E-state index in [0.717, 1.165) is 11.0 Å². The van der Waals surface area contributed by atoms with Crippen molar-refractivity contribution in [2.24, 2.45) is 0 Å². The summed E-state index contributed by atoms with van der Waals surface area (Å²) in [5.74, 6) is -0.572. The molecular weight excluding hydrogens is 560 g/mol. The third-order valence-electron chi connectivity index (χ3n) is 7.01. The molecule has 0 spiro atoms. The van der Waals surface area contributed by atoms with Crippen molar-refractivity contribution < 1.29 is 48.7 Å². The normalized spacial score (nSPS) is 19.5. The van der Waals surface area contributed by atoms with Gasteiger partial charge in [-0.1, -0.05) is 6.07 Å². The van der Waals surface area contributed by atoms with Gasteiger partial charge < -0.3 is 15.1 Å². The highest BCUT2D eigenvalue weighted by Gasteiger charge is 2.40. The van der Waals surface area contributed by atoms with Gasteiger partial charge in [-0.05, 0) is 73.7 Å². The zero-order chi connectivity index (χ0) is 30.2. The highest BCUT2D eigenvalue weighted by molar-refractivity contribution is 5.75. The number of carbonyl (C=O) groups is 1. The predicted molar refractivity (Wildman–Crippen MR) is 126 cm³/mol. The monoisotopic (exact) mass is 587 g/mol. The number of likely N-dealkylation sites (tertiary alicyclic amines) is 1. The van der Waals surface area contributed by atoms with E-state index in [1.165, 1.54) is 31.0 Å². The minimum absolute atomic E-state index is 0.00981. The van der Waals surface area contributed by atoms with Crippen LogP contribution in [0.1, 0.15) is 59.7 Å². The number of urea groups is 1. The second kappa shape index (κ2) is 11.5. The number of aryl methyl sites for hydroxylation is 1. The van der Waals surface area contributed by atoms with Crippen molar-refractivity contribution in [3.8, 4) is 0 Å². The zero-order valence-corrected chi connectivity index (χ0v) is 21.6. The summed E-state index contributed by atoms with van der Waals surface area (Å²) in [4.78, 5) is 15.9. The summed E-state index contributed by atoms with van der Waals surface area (Å²) < 4.78 is 132. The second-order valence-corrected chi connectivity index (χ2v) is 9.84. The quantitative estimate of drug-likeness (QED) is 0.365. The third-order valence-corrected chi connectivity index (χ3v) is 7.01. The molecule has 3 rings (SSSR count). The molecule has 0 aromatic heterocycles. The van der Waals surface area contributed by atoms with Crippen LogP contribution in [0.15, 0.2) is 36.4 Å². The highest BCUT2D eigenvalue weighted by atomic mass is 19.4. The molecule has 1 aliphatic heterocycles. The average molecular weight is 588 g/mol. The van der Waals surface area contributed by atoms with E-state index >= 15 is 0 Å². The molecule has 0 bridgehead atoms. The lowest BCUT2D eigenvalue weighted by Crippen LogP contribution is -2.51. The van der Waals surface area contributed by atoms with Gasteiger partial charge in [0.25, 0.3) is 0 Å². The largest absolute Gasteiger partial charge is 0.416 e. The molecule has 4 nitrogen and oxygen atoms in total. The molecule has 1 aliphatic rings. The van der Waals surface area contributed by atoms with E-state index < -0.39 is 71.7 Å². The van der Waals surface area contributed by atoms with Crippen LogP contribution in [0.5, 0.6) is 0 Å². The van der Waals surface area contributed by atoms with Crippen LogP contribution >= 0.6 is 0 Å². The maximum absolute atomic E-state index is 13.8. The number of piperidine rings is 1. The molecule has 0 aliphatic carbocycles. The molecule has 1 N–H and O–H groups in total. The van der Waals surface area contributed by atoms with Crippen molar-refractivity contribution in [3.05, 3.63) is 70.0 Å². The fraction of sp³-hybridized carbons (Fsp3) is 0.500. The van der Waals surface area contributed by atoms with Crippen LogP contribution in [0.3, 0.4) is 0 Å². The Kier molecular flexibility index (Phi) is 9.02. The minimum atomic E-state index is -5.07. The molecule has 2 aromatic carbocycles. The van der Waals surface area contributed by atoms with Gasteiger partial charge in [0.15, 0.2) is 0 Å². The van der Waals surface area contributed by atoms with E-state index in [0.29, 0.717) is 23.3 Å². The Morgan fingerprint density at radius 3 is 2.08 bits per heavy atom. The number of benzene rings is 2. The molecule has 1 unspecified atom stereocenters. The van der Waals surface area contributed by atoms with Gasteiger partial charge in [0.05, 0.1) is 29.8 Å². The second-order valence-electron chi connectivity index (χ2n) is 9.84. The van der Waals surface area contributed by atoms with Crippen LogP contribution in [0, 0.1) is 12.7 Å². The van der Waals surface area contributed by atoms with Crippen LogP contribution in [-0.2, 0) is 12.4 Å². The fourth-order valence-corrected chi connectivity index (χ4v) is 4.76. The summed E-state index contributed by atoms with van der Waals surface area (Å²) in [6.45, 7) is 1.49. The van der Waals surface area contributed by atoms with Crippen molar-refractivity contribution in [1.29, 1.82) is 0 Å². The van der Waals surface area contributed by atoms with Crippen LogP contribution in [0.4, 0.5) is 48.7 Å². The number of rotatable bonds is 5. The molecule has 3 atom stereocenters. The summed E-state index contributed by atoms with van der Waals surface area (Å²) in [5.41, 5.74) is -2.59. The number of nitrogens with one attached hydrogen (secondary N) is 1. The molecule has 1 heterocycles. The molecular formula is C26H27F10N3O.